The van der Waals surface area contributed by atoms with Crippen molar-refractivity contribution in [3.05, 3.63) is 57.9 Å². The first-order valence-corrected chi connectivity index (χ1v) is 5.67. The lowest BCUT2D eigenvalue weighted by atomic mass is 10.2. The fraction of sp³-hybridized carbons (Fsp3) is 0.231. The second-order valence-electron chi connectivity index (χ2n) is 4.22. The molecule has 0 saturated heterocycles. The summed E-state index contributed by atoms with van der Waals surface area (Å²) >= 11 is 0. The number of nitrogens with zero attached hydrogens (tertiary/aromatic N) is 2. The maximum Gasteiger partial charge on any atom is 0.271 e. The fourth-order valence-corrected chi connectivity index (χ4v) is 1.78. The molecule has 1 aromatic heterocycles. The number of nitro groups is 1. The van der Waals surface area contributed by atoms with E-state index >= 15 is 0 Å². The van der Waals surface area contributed by atoms with E-state index in [-0.39, 0.29) is 10.6 Å². The number of aryl methyl sites for hydroxylation is 2. The molecule has 0 unspecified atom stereocenters. The summed E-state index contributed by atoms with van der Waals surface area (Å²) in [7, 11) is 1.97. The lowest BCUT2D eigenvalue weighted by Crippen LogP contribution is -2.05. The lowest BCUT2D eigenvalue weighted by molar-refractivity contribution is -0.384. The number of hydrogen-bond donors (Lipinski definition) is 1. The van der Waals surface area contributed by atoms with Gasteiger partial charge in [-0.2, -0.15) is 0 Å². The van der Waals surface area contributed by atoms with Gasteiger partial charge in [0.05, 0.1) is 11.5 Å². The molecule has 5 heteroatoms. The van der Waals surface area contributed by atoms with E-state index in [1.807, 2.05) is 36.9 Å². The Morgan fingerprint density at radius 3 is 2.78 bits per heavy atom. The molecule has 0 fully saturated rings. The van der Waals surface area contributed by atoms with Gasteiger partial charge in [-0.1, -0.05) is 6.07 Å². The number of aromatic nitrogens is 1. The number of benzene rings is 1. The highest BCUT2D eigenvalue weighted by molar-refractivity contribution is 5.56. The Labute approximate surface area is 105 Å². The zero-order chi connectivity index (χ0) is 13.1. The van der Waals surface area contributed by atoms with Crippen molar-refractivity contribution in [1.29, 1.82) is 0 Å². The summed E-state index contributed by atoms with van der Waals surface area (Å²) in [6.45, 7) is 2.57. The number of rotatable bonds is 4. The molecule has 0 atom stereocenters. The van der Waals surface area contributed by atoms with Crippen molar-refractivity contribution in [2.75, 3.05) is 5.32 Å². The van der Waals surface area contributed by atoms with Crippen LogP contribution in [0.3, 0.4) is 0 Å². The van der Waals surface area contributed by atoms with E-state index in [4.69, 9.17) is 0 Å². The van der Waals surface area contributed by atoms with Gasteiger partial charge in [0.1, 0.15) is 0 Å². The van der Waals surface area contributed by atoms with Gasteiger partial charge in [0.25, 0.3) is 5.69 Å². The zero-order valence-corrected chi connectivity index (χ0v) is 10.4. The van der Waals surface area contributed by atoms with Gasteiger partial charge in [0.2, 0.25) is 0 Å². The van der Waals surface area contributed by atoms with E-state index in [1.54, 1.807) is 12.1 Å². The molecular weight excluding hydrogens is 230 g/mol. The van der Waals surface area contributed by atoms with E-state index in [1.165, 1.54) is 6.07 Å². The Kier molecular flexibility index (Phi) is 3.32. The van der Waals surface area contributed by atoms with Crippen molar-refractivity contribution in [1.82, 2.24) is 4.57 Å². The molecule has 0 aliphatic carbocycles. The molecule has 94 valence electrons. The molecule has 0 radical (unpaired) electrons. The van der Waals surface area contributed by atoms with Crippen LogP contribution in [0.5, 0.6) is 0 Å². The van der Waals surface area contributed by atoms with Gasteiger partial charge < -0.3 is 9.88 Å². The summed E-state index contributed by atoms with van der Waals surface area (Å²) in [6, 6.07) is 8.82. The minimum Gasteiger partial charge on any atom is -0.379 e. The fourth-order valence-electron chi connectivity index (χ4n) is 1.78. The molecule has 18 heavy (non-hydrogen) atoms. The summed E-state index contributed by atoms with van der Waals surface area (Å²) in [5.41, 5.74) is 3.02. The highest BCUT2D eigenvalue weighted by Crippen LogP contribution is 2.22. The normalized spacial score (nSPS) is 10.3. The highest BCUT2D eigenvalue weighted by atomic mass is 16.6. The molecular formula is C13H15N3O2. The summed E-state index contributed by atoms with van der Waals surface area (Å²) < 4.78 is 2.01. The largest absolute Gasteiger partial charge is 0.379 e. The molecule has 0 saturated carbocycles. The van der Waals surface area contributed by atoms with Crippen molar-refractivity contribution in [3.63, 3.8) is 0 Å². The maximum absolute atomic E-state index is 10.7. The second kappa shape index (κ2) is 4.91. The third-order valence-electron chi connectivity index (χ3n) is 2.94. The van der Waals surface area contributed by atoms with Gasteiger partial charge >= 0.3 is 0 Å². The second-order valence-corrected chi connectivity index (χ2v) is 4.22. The summed E-state index contributed by atoms with van der Waals surface area (Å²) in [5.74, 6) is 0. The van der Waals surface area contributed by atoms with E-state index in [9.17, 15) is 10.1 Å². The van der Waals surface area contributed by atoms with Gasteiger partial charge in [-0.05, 0) is 24.6 Å². The molecule has 2 rings (SSSR count). The van der Waals surface area contributed by atoms with Gasteiger partial charge in [-0.15, -0.1) is 0 Å². The Hall–Kier alpha value is -2.30. The number of nitrogens with one attached hydrogen (secondary N) is 1. The van der Waals surface area contributed by atoms with Crippen LogP contribution in [0.25, 0.3) is 0 Å². The topological polar surface area (TPSA) is 60.1 Å². The average Bonchev–Trinajstić information content (AvgIpc) is 2.73. The predicted molar refractivity (Wildman–Crippen MR) is 70.6 cm³/mol. The van der Waals surface area contributed by atoms with Crippen molar-refractivity contribution >= 4 is 11.4 Å². The minimum absolute atomic E-state index is 0.106. The lowest BCUT2D eigenvalue weighted by Gasteiger charge is -2.10. The molecule has 2 aromatic rings. The molecule has 0 amide bonds. The SMILES string of the molecule is Cc1ccc([N+](=O)[O-])cc1NCc1cccn1C. The van der Waals surface area contributed by atoms with Crippen LogP contribution < -0.4 is 5.32 Å². The predicted octanol–water partition coefficient (Wildman–Crippen LogP) is 2.85. The van der Waals surface area contributed by atoms with Crippen LogP contribution in [-0.4, -0.2) is 9.49 Å². The van der Waals surface area contributed by atoms with Gasteiger partial charge in [0, 0.05) is 36.8 Å². The first-order valence-electron chi connectivity index (χ1n) is 5.67. The molecule has 1 heterocycles. The number of non-ortho nitro benzene ring substituents is 1. The Morgan fingerprint density at radius 2 is 2.17 bits per heavy atom. The monoisotopic (exact) mass is 245 g/mol. The van der Waals surface area contributed by atoms with E-state index in [2.05, 4.69) is 5.32 Å². The van der Waals surface area contributed by atoms with Crippen molar-refractivity contribution < 1.29 is 4.92 Å². The molecule has 0 spiro atoms. The summed E-state index contributed by atoms with van der Waals surface area (Å²) in [5, 5.41) is 14.0. The third-order valence-corrected chi connectivity index (χ3v) is 2.94. The molecule has 0 aliphatic heterocycles. The van der Waals surface area contributed by atoms with E-state index in [0.29, 0.717) is 6.54 Å². The van der Waals surface area contributed by atoms with Crippen molar-refractivity contribution in [3.8, 4) is 0 Å². The Balaban J connectivity index is 2.16. The molecule has 1 N–H and O–H groups in total. The van der Waals surface area contributed by atoms with Crippen LogP contribution >= 0.6 is 0 Å². The molecule has 5 nitrogen and oxygen atoms in total. The van der Waals surface area contributed by atoms with Gasteiger partial charge in [0.15, 0.2) is 0 Å². The molecule has 0 bridgehead atoms. The Bertz CT molecular complexity index is 575. The highest BCUT2D eigenvalue weighted by Gasteiger charge is 2.08. The minimum atomic E-state index is -0.382. The van der Waals surface area contributed by atoms with Crippen LogP contribution in [0.4, 0.5) is 11.4 Å². The zero-order valence-electron chi connectivity index (χ0n) is 10.4. The quantitative estimate of drug-likeness (QED) is 0.665. The molecule has 0 aliphatic rings. The standard InChI is InChI=1S/C13H15N3O2/c1-10-5-6-11(16(17)18)8-13(10)14-9-12-4-3-7-15(12)2/h3-8,14H,9H2,1-2H3. The van der Waals surface area contributed by atoms with Crippen LogP contribution in [0.2, 0.25) is 0 Å². The maximum atomic E-state index is 10.7. The summed E-state index contributed by atoms with van der Waals surface area (Å²) in [4.78, 5) is 10.3. The van der Waals surface area contributed by atoms with E-state index < -0.39 is 0 Å². The van der Waals surface area contributed by atoms with Crippen LogP contribution in [0.15, 0.2) is 36.5 Å². The van der Waals surface area contributed by atoms with Crippen molar-refractivity contribution in [2.24, 2.45) is 7.05 Å². The first kappa shape index (κ1) is 12.2. The number of nitro benzene ring substituents is 1. The average molecular weight is 245 g/mol. The smallest absolute Gasteiger partial charge is 0.271 e. The summed E-state index contributed by atoms with van der Waals surface area (Å²) in [6.07, 6.45) is 1.97. The van der Waals surface area contributed by atoms with Crippen LogP contribution in [-0.2, 0) is 13.6 Å². The number of hydrogen-bond acceptors (Lipinski definition) is 3. The van der Waals surface area contributed by atoms with Gasteiger partial charge in [-0.3, -0.25) is 10.1 Å². The van der Waals surface area contributed by atoms with Crippen LogP contribution in [0, 0.1) is 17.0 Å². The first-order chi connectivity index (χ1) is 8.58. The number of anilines is 1. The van der Waals surface area contributed by atoms with Crippen LogP contribution in [0.1, 0.15) is 11.3 Å². The molecule has 1 aromatic carbocycles. The van der Waals surface area contributed by atoms with Crippen molar-refractivity contribution in [2.45, 2.75) is 13.5 Å². The third kappa shape index (κ3) is 2.51. The van der Waals surface area contributed by atoms with E-state index in [0.717, 1.165) is 16.9 Å². The Morgan fingerprint density at radius 1 is 1.39 bits per heavy atom. The van der Waals surface area contributed by atoms with Gasteiger partial charge in [-0.25, -0.2) is 0 Å².